The van der Waals surface area contributed by atoms with Crippen molar-refractivity contribution in [1.82, 2.24) is 0 Å². The maximum absolute atomic E-state index is 8.72. The molecule has 4 heteroatoms. The molecule has 1 aromatic carbocycles. The Labute approximate surface area is 99.4 Å². The number of unbranched alkanes of at least 4 members (excludes halogenated alkanes) is 1. The first kappa shape index (κ1) is 12.4. The van der Waals surface area contributed by atoms with E-state index in [2.05, 4.69) is 34.7 Å². The van der Waals surface area contributed by atoms with E-state index in [9.17, 15) is 0 Å². The number of rotatable bonds is 5. The second kappa shape index (κ2) is 6.72. The van der Waals surface area contributed by atoms with Crippen LogP contribution in [0, 0.1) is 3.57 Å². The molecule has 0 heterocycles. The van der Waals surface area contributed by atoms with Crippen LogP contribution < -0.4 is 0 Å². The molecule has 2 N–H and O–H groups in total. The van der Waals surface area contributed by atoms with Crippen molar-refractivity contribution in [2.45, 2.75) is 19.3 Å². The van der Waals surface area contributed by atoms with Crippen LogP contribution in [0.4, 0.5) is 0 Å². The van der Waals surface area contributed by atoms with Gasteiger partial charge in [-0.2, -0.15) is 0 Å². The lowest BCUT2D eigenvalue weighted by molar-refractivity contribution is 0.479. The predicted molar refractivity (Wildman–Crippen MR) is 68.3 cm³/mol. The molecule has 0 aliphatic carbocycles. The Kier molecular flexibility index (Phi) is 5.94. The van der Waals surface area contributed by atoms with Gasteiger partial charge in [0.25, 0.3) is 0 Å². The van der Waals surface area contributed by atoms with Gasteiger partial charge in [-0.3, -0.25) is 0 Å². The molecule has 0 radical (unpaired) electrons. The molecule has 14 heavy (non-hydrogen) atoms. The molecule has 0 amide bonds. The van der Waals surface area contributed by atoms with Crippen LogP contribution in [0.3, 0.4) is 0 Å². The molecule has 1 aromatic rings. The first-order chi connectivity index (χ1) is 6.70. The lowest BCUT2D eigenvalue weighted by Crippen LogP contribution is -1.91. The van der Waals surface area contributed by atoms with Gasteiger partial charge in [0.2, 0.25) is 0 Å². The van der Waals surface area contributed by atoms with Gasteiger partial charge >= 0.3 is 0 Å². The summed E-state index contributed by atoms with van der Waals surface area (Å²) in [4.78, 5) is 17.4. The minimum atomic E-state index is -1.69. The van der Waals surface area contributed by atoms with E-state index in [0.717, 1.165) is 19.3 Å². The Hall–Kier alpha value is 0.300. The summed E-state index contributed by atoms with van der Waals surface area (Å²) in [5.41, 5.74) is 1.35. The molecule has 0 fully saturated rings. The zero-order chi connectivity index (χ0) is 10.4. The van der Waals surface area contributed by atoms with E-state index in [1.54, 1.807) is 0 Å². The molecule has 0 bridgehead atoms. The van der Waals surface area contributed by atoms with E-state index in [1.807, 2.05) is 12.1 Å². The van der Waals surface area contributed by atoms with Crippen LogP contribution in [-0.4, -0.2) is 15.9 Å². The highest BCUT2D eigenvalue weighted by Crippen LogP contribution is 2.24. The highest BCUT2D eigenvalue weighted by Gasteiger charge is 2.00. The first-order valence-corrected chi connectivity index (χ1v) is 7.10. The van der Waals surface area contributed by atoms with Crippen LogP contribution in [0.15, 0.2) is 24.3 Å². The zero-order valence-electron chi connectivity index (χ0n) is 7.86. The van der Waals surface area contributed by atoms with Crippen LogP contribution in [0.25, 0.3) is 0 Å². The van der Waals surface area contributed by atoms with Gasteiger partial charge in [0.1, 0.15) is 0 Å². The number of benzene rings is 1. The van der Waals surface area contributed by atoms with Crippen molar-refractivity contribution in [3.63, 3.8) is 0 Å². The maximum Gasteiger partial charge on any atom is 0.164 e. The molecule has 1 rings (SSSR count). The van der Waals surface area contributed by atoms with Gasteiger partial charge in [-0.05, 0) is 53.5 Å². The summed E-state index contributed by atoms with van der Waals surface area (Å²) >= 11 is 2.33. The number of aryl methyl sites for hydroxylation is 1. The lowest BCUT2D eigenvalue weighted by atomic mass is 10.1. The van der Waals surface area contributed by atoms with Gasteiger partial charge in [0, 0.05) is 9.73 Å². The third kappa shape index (κ3) is 4.69. The smallest absolute Gasteiger partial charge is 0.164 e. The first-order valence-electron chi connectivity index (χ1n) is 4.59. The fourth-order valence-corrected chi connectivity index (χ4v) is 2.43. The Morgan fingerprint density at radius 2 is 1.86 bits per heavy atom. The largest absolute Gasteiger partial charge is 0.350 e. The number of hydrogen-bond acceptors (Lipinski definition) is 2. The second-order valence-electron chi connectivity index (χ2n) is 3.14. The molecular weight excluding hydrogens is 310 g/mol. The van der Waals surface area contributed by atoms with Crippen LogP contribution in [-0.2, 0) is 6.42 Å². The fraction of sp³-hybridized carbons (Fsp3) is 0.400. The van der Waals surface area contributed by atoms with E-state index < -0.39 is 8.38 Å². The summed E-state index contributed by atoms with van der Waals surface area (Å²) < 4.78 is 1.29. The third-order valence-electron chi connectivity index (χ3n) is 2.01. The van der Waals surface area contributed by atoms with Crippen molar-refractivity contribution in [1.29, 1.82) is 0 Å². The topological polar surface area (TPSA) is 40.5 Å². The average Bonchev–Trinajstić information content (AvgIpc) is 2.15. The monoisotopic (exact) mass is 324 g/mol. The fourth-order valence-electron chi connectivity index (χ4n) is 1.27. The van der Waals surface area contributed by atoms with Crippen molar-refractivity contribution in [2.24, 2.45) is 0 Å². The third-order valence-corrected chi connectivity index (χ3v) is 3.78. The van der Waals surface area contributed by atoms with Crippen LogP contribution in [0.5, 0.6) is 0 Å². The van der Waals surface area contributed by atoms with Crippen molar-refractivity contribution in [3.8, 4) is 0 Å². The summed E-state index contributed by atoms with van der Waals surface area (Å²) in [6.45, 7) is 0. The molecule has 2 nitrogen and oxygen atoms in total. The molecule has 0 aliphatic rings. The van der Waals surface area contributed by atoms with Crippen molar-refractivity contribution in [2.75, 3.05) is 6.16 Å². The predicted octanol–water partition coefficient (Wildman–Crippen LogP) is 2.91. The van der Waals surface area contributed by atoms with E-state index in [1.165, 1.54) is 9.13 Å². The molecular formula is C10H14IO2P. The number of halogens is 1. The molecule has 0 unspecified atom stereocenters. The normalized spacial score (nSPS) is 10.9. The van der Waals surface area contributed by atoms with E-state index >= 15 is 0 Å². The van der Waals surface area contributed by atoms with Gasteiger partial charge < -0.3 is 9.79 Å². The Morgan fingerprint density at radius 3 is 2.50 bits per heavy atom. The molecule has 0 atom stereocenters. The number of hydrogen-bond donors (Lipinski definition) is 2. The van der Waals surface area contributed by atoms with Crippen molar-refractivity contribution < 1.29 is 9.79 Å². The quantitative estimate of drug-likeness (QED) is 0.497. The van der Waals surface area contributed by atoms with Crippen LogP contribution in [0.1, 0.15) is 18.4 Å². The summed E-state index contributed by atoms with van der Waals surface area (Å²) in [5.74, 6) is 0. The van der Waals surface area contributed by atoms with Gasteiger partial charge in [-0.25, -0.2) is 0 Å². The Bertz CT molecular complexity index is 279. The Balaban J connectivity index is 2.28. The van der Waals surface area contributed by atoms with Gasteiger partial charge in [0.05, 0.1) is 0 Å². The standard InChI is InChI=1S/C10H14IO2P/c11-10-7-2-1-5-9(10)6-3-4-8-14(12)13/h1-2,5,7,12-13H,3-4,6,8H2. The summed E-state index contributed by atoms with van der Waals surface area (Å²) in [6, 6.07) is 8.30. The summed E-state index contributed by atoms with van der Waals surface area (Å²) in [7, 11) is -1.69. The summed E-state index contributed by atoms with van der Waals surface area (Å²) in [5, 5.41) is 0. The molecule has 0 saturated heterocycles. The maximum atomic E-state index is 8.72. The van der Waals surface area contributed by atoms with E-state index in [4.69, 9.17) is 9.79 Å². The van der Waals surface area contributed by atoms with Gasteiger partial charge in [0.15, 0.2) is 8.38 Å². The molecule has 78 valence electrons. The molecule has 0 spiro atoms. The van der Waals surface area contributed by atoms with Crippen LogP contribution >= 0.6 is 31.0 Å². The minimum Gasteiger partial charge on any atom is -0.350 e. The highest BCUT2D eigenvalue weighted by atomic mass is 127. The summed E-state index contributed by atoms with van der Waals surface area (Å²) in [6.07, 6.45) is 3.49. The lowest BCUT2D eigenvalue weighted by Gasteiger charge is -2.04. The average molecular weight is 324 g/mol. The van der Waals surface area contributed by atoms with Gasteiger partial charge in [-0.1, -0.05) is 18.2 Å². The molecule has 0 aromatic heterocycles. The van der Waals surface area contributed by atoms with Crippen molar-refractivity contribution in [3.05, 3.63) is 33.4 Å². The minimum absolute atomic E-state index is 0.540. The second-order valence-corrected chi connectivity index (χ2v) is 5.50. The van der Waals surface area contributed by atoms with E-state index in [0.29, 0.717) is 6.16 Å². The zero-order valence-corrected chi connectivity index (χ0v) is 10.9. The van der Waals surface area contributed by atoms with E-state index in [-0.39, 0.29) is 0 Å². The van der Waals surface area contributed by atoms with Crippen LogP contribution in [0.2, 0.25) is 0 Å². The SMILES string of the molecule is OP(O)CCCCc1ccccc1I. The van der Waals surface area contributed by atoms with Gasteiger partial charge in [-0.15, -0.1) is 0 Å². The highest BCUT2D eigenvalue weighted by molar-refractivity contribution is 14.1. The Morgan fingerprint density at radius 1 is 1.14 bits per heavy atom. The molecule has 0 saturated carbocycles. The van der Waals surface area contributed by atoms with Crippen molar-refractivity contribution >= 4 is 31.0 Å². The molecule has 0 aliphatic heterocycles.